The van der Waals surface area contributed by atoms with Gasteiger partial charge in [-0.15, -0.1) is 0 Å². The Balaban J connectivity index is 1.49. The van der Waals surface area contributed by atoms with Crippen LogP contribution in [0.1, 0.15) is 33.6 Å². The van der Waals surface area contributed by atoms with Gasteiger partial charge in [-0.1, -0.05) is 18.2 Å². The highest BCUT2D eigenvalue weighted by molar-refractivity contribution is 7.89. The number of nitrogens with one attached hydrogen (secondary N) is 3. The molecule has 2 heterocycles. The molecule has 10 heteroatoms. The molecule has 1 saturated heterocycles. The van der Waals surface area contributed by atoms with Crippen molar-refractivity contribution in [2.24, 2.45) is 0 Å². The number of hydrogen-bond acceptors (Lipinski definition) is 5. The van der Waals surface area contributed by atoms with Crippen LogP contribution in [0.5, 0.6) is 0 Å². The van der Waals surface area contributed by atoms with Crippen LogP contribution in [0.4, 0.5) is 0 Å². The molecule has 0 atom stereocenters. The van der Waals surface area contributed by atoms with Gasteiger partial charge < -0.3 is 4.98 Å². The Hall–Kier alpha value is -3.50. The number of hydrazine groups is 1. The summed E-state index contributed by atoms with van der Waals surface area (Å²) in [7, 11) is -3.67. The fraction of sp³-hybridized carbons (Fsp3) is 0.190. The van der Waals surface area contributed by atoms with Crippen molar-refractivity contribution < 1.29 is 18.0 Å². The van der Waals surface area contributed by atoms with Gasteiger partial charge in [0.25, 0.3) is 11.8 Å². The molecular formula is C21H20N4O5S. The van der Waals surface area contributed by atoms with E-state index in [0.29, 0.717) is 24.0 Å². The molecule has 9 nitrogen and oxygen atoms in total. The molecule has 0 radical (unpaired) electrons. The maximum absolute atomic E-state index is 12.7. The molecule has 160 valence electrons. The first-order chi connectivity index (χ1) is 14.9. The first kappa shape index (κ1) is 20.8. The number of aromatic nitrogens is 1. The number of para-hydroxylation sites is 1. The number of sulfonamides is 1. The largest absolute Gasteiger partial charge is 0.360 e. The van der Waals surface area contributed by atoms with Gasteiger partial charge in [0.15, 0.2) is 0 Å². The fourth-order valence-electron chi connectivity index (χ4n) is 3.46. The molecule has 1 aromatic heterocycles. The van der Waals surface area contributed by atoms with E-state index < -0.39 is 27.3 Å². The second-order valence-corrected chi connectivity index (χ2v) is 9.06. The Morgan fingerprint density at radius 3 is 2.42 bits per heavy atom. The second kappa shape index (κ2) is 8.32. The Morgan fingerprint density at radius 1 is 0.935 bits per heavy atom. The average molecular weight is 440 g/mol. The van der Waals surface area contributed by atoms with Crippen LogP contribution < -0.4 is 16.3 Å². The van der Waals surface area contributed by atoms with Crippen molar-refractivity contribution in [3.05, 3.63) is 76.1 Å². The summed E-state index contributed by atoms with van der Waals surface area (Å²) in [6, 6.07) is 12.3. The van der Waals surface area contributed by atoms with Gasteiger partial charge in [-0.05, 0) is 43.2 Å². The maximum atomic E-state index is 12.7. The van der Waals surface area contributed by atoms with Gasteiger partial charge in [0.05, 0.1) is 4.90 Å². The lowest BCUT2D eigenvalue weighted by molar-refractivity contribution is 0.0846. The molecule has 2 aromatic carbocycles. The number of amides is 2. The molecule has 0 spiro atoms. The zero-order valence-corrected chi connectivity index (χ0v) is 17.2. The molecule has 0 bridgehead atoms. The van der Waals surface area contributed by atoms with Crippen LogP contribution in [0.2, 0.25) is 0 Å². The number of pyridine rings is 1. The normalized spacial score (nSPS) is 14.5. The van der Waals surface area contributed by atoms with Crippen molar-refractivity contribution in [1.82, 2.24) is 20.1 Å². The number of fused-ring (bicyclic) bond motifs is 1. The van der Waals surface area contributed by atoms with E-state index in [4.69, 9.17) is 0 Å². The van der Waals surface area contributed by atoms with Crippen molar-refractivity contribution in [2.75, 3.05) is 13.1 Å². The Labute approximate surface area is 178 Å². The highest BCUT2D eigenvalue weighted by atomic mass is 32.2. The van der Waals surface area contributed by atoms with Gasteiger partial charge >= 0.3 is 0 Å². The molecule has 1 aliphatic heterocycles. The first-order valence-electron chi connectivity index (χ1n) is 9.69. The van der Waals surface area contributed by atoms with E-state index >= 15 is 0 Å². The van der Waals surface area contributed by atoms with Crippen LogP contribution in [0, 0.1) is 0 Å². The summed E-state index contributed by atoms with van der Waals surface area (Å²) >= 11 is 0. The number of rotatable bonds is 4. The molecule has 31 heavy (non-hydrogen) atoms. The first-order valence-corrected chi connectivity index (χ1v) is 11.1. The summed E-state index contributed by atoms with van der Waals surface area (Å²) < 4.78 is 26.8. The molecule has 3 N–H and O–H groups in total. The van der Waals surface area contributed by atoms with Gasteiger partial charge in [-0.25, -0.2) is 8.42 Å². The Morgan fingerprint density at radius 2 is 1.65 bits per heavy atom. The summed E-state index contributed by atoms with van der Waals surface area (Å²) in [5.74, 6) is -1.50. The predicted molar refractivity (Wildman–Crippen MR) is 114 cm³/mol. The molecule has 3 aromatic rings. The van der Waals surface area contributed by atoms with E-state index in [9.17, 15) is 22.8 Å². The quantitative estimate of drug-likeness (QED) is 0.528. The van der Waals surface area contributed by atoms with Gasteiger partial charge in [-0.2, -0.15) is 4.31 Å². The number of carbonyl (C=O) groups excluding carboxylic acids is 2. The van der Waals surface area contributed by atoms with E-state index in [1.807, 2.05) is 0 Å². The summed E-state index contributed by atoms with van der Waals surface area (Å²) in [6.07, 6.45) is 2.88. The molecule has 1 aliphatic rings. The zero-order chi connectivity index (χ0) is 22.0. The summed E-state index contributed by atoms with van der Waals surface area (Å²) in [5, 5.41) is 0.348. The number of benzene rings is 2. The van der Waals surface area contributed by atoms with Gasteiger partial charge in [0, 0.05) is 35.8 Å². The number of aromatic amines is 1. The predicted octanol–water partition coefficient (Wildman–Crippen LogP) is 1.39. The standard InChI is InChI=1S/C21H20N4O5S/c26-19-16-8-1-2-9-18(16)22-13-17(19)21(28)24-23-20(27)14-6-5-7-15(12-14)31(29,30)25-10-3-4-11-25/h1-2,5-9,12-13H,3-4,10-11H2,(H,22,26)(H,23,27)(H,24,28). The van der Waals surface area contributed by atoms with Gasteiger partial charge in [-0.3, -0.25) is 25.2 Å². The van der Waals surface area contributed by atoms with Crippen molar-refractivity contribution >= 4 is 32.7 Å². The van der Waals surface area contributed by atoms with Crippen LogP contribution in [0.25, 0.3) is 10.9 Å². The minimum Gasteiger partial charge on any atom is -0.360 e. The Bertz CT molecular complexity index is 1330. The SMILES string of the molecule is O=C(NNC(=O)c1c[nH]c2ccccc2c1=O)c1cccc(S(=O)(=O)N2CCCC2)c1. The zero-order valence-electron chi connectivity index (χ0n) is 16.4. The van der Waals surface area contributed by atoms with E-state index in [2.05, 4.69) is 15.8 Å². The molecule has 0 aliphatic carbocycles. The highest BCUT2D eigenvalue weighted by Gasteiger charge is 2.27. The lowest BCUT2D eigenvalue weighted by Crippen LogP contribution is -2.43. The fourth-order valence-corrected chi connectivity index (χ4v) is 5.03. The molecule has 1 fully saturated rings. The summed E-state index contributed by atoms with van der Waals surface area (Å²) in [6.45, 7) is 0.907. The third kappa shape index (κ3) is 4.07. The summed E-state index contributed by atoms with van der Waals surface area (Å²) in [4.78, 5) is 40.2. The molecule has 4 rings (SSSR count). The summed E-state index contributed by atoms with van der Waals surface area (Å²) in [5.41, 5.74) is 4.43. The number of carbonyl (C=O) groups is 2. The average Bonchev–Trinajstić information content (AvgIpc) is 3.34. The number of H-pyrrole nitrogens is 1. The lowest BCUT2D eigenvalue weighted by atomic mass is 10.1. The van der Waals surface area contributed by atoms with Crippen molar-refractivity contribution in [3.63, 3.8) is 0 Å². The van der Waals surface area contributed by atoms with E-state index in [0.717, 1.165) is 12.8 Å². The van der Waals surface area contributed by atoms with Crippen molar-refractivity contribution in [2.45, 2.75) is 17.7 Å². The number of hydrogen-bond donors (Lipinski definition) is 3. The molecule has 0 saturated carbocycles. The maximum Gasteiger partial charge on any atom is 0.275 e. The monoisotopic (exact) mass is 440 g/mol. The van der Waals surface area contributed by atoms with Crippen LogP contribution in [0.15, 0.2) is 64.4 Å². The van der Waals surface area contributed by atoms with Gasteiger partial charge in [0.2, 0.25) is 15.5 Å². The smallest absolute Gasteiger partial charge is 0.275 e. The molecule has 2 amide bonds. The van der Waals surface area contributed by atoms with Gasteiger partial charge in [0.1, 0.15) is 5.56 Å². The topological polar surface area (TPSA) is 128 Å². The van der Waals surface area contributed by atoms with Crippen molar-refractivity contribution in [3.8, 4) is 0 Å². The van der Waals surface area contributed by atoms with E-state index in [1.165, 1.54) is 34.8 Å². The third-order valence-corrected chi connectivity index (χ3v) is 7.02. The second-order valence-electron chi connectivity index (χ2n) is 7.12. The van der Waals surface area contributed by atoms with Crippen LogP contribution >= 0.6 is 0 Å². The van der Waals surface area contributed by atoms with Crippen LogP contribution in [0.3, 0.4) is 0 Å². The minimum absolute atomic E-state index is 0.0133. The third-order valence-electron chi connectivity index (χ3n) is 5.12. The minimum atomic E-state index is -3.67. The Kier molecular flexibility index (Phi) is 5.57. The van der Waals surface area contributed by atoms with Crippen LogP contribution in [-0.2, 0) is 10.0 Å². The van der Waals surface area contributed by atoms with E-state index in [-0.39, 0.29) is 16.0 Å². The van der Waals surface area contributed by atoms with Crippen molar-refractivity contribution in [1.29, 1.82) is 0 Å². The molecule has 0 unspecified atom stereocenters. The number of nitrogens with zero attached hydrogens (tertiary/aromatic N) is 1. The van der Waals surface area contributed by atoms with E-state index in [1.54, 1.807) is 24.3 Å². The molecular weight excluding hydrogens is 420 g/mol. The highest BCUT2D eigenvalue weighted by Crippen LogP contribution is 2.21. The lowest BCUT2D eigenvalue weighted by Gasteiger charge is -2.16. The van der Waals surface area contributed by atoms with Crippen LogP contribution in [-0.4, -0.2) is 42.6 Å².